The van der Waals surface area contributed by atoms with E-state index in [1.807, 2.05) is 0 Å². The number of nitrogens with two attached hydrogens (primary N) is 1. The number of halogens is 4. The number of esters is 4. The normalized spacial score (nSPS) is 10.0. The number of nitrogens with zero attached hydrogens (tertiary/aromatic N) is 2. The van der Waals surface area contributed by atoms with Crippen LogP contribution in [0.2, 0.25) is 0 Å². The number of hydrogen-bond acceptors (Lipinski definition) is 17. The molecule has 0 amide bonds. The number of carbonyl (C=O) groups excluding carboxylic acids is 7. The van der Waals surface area contributed by atoms with Gasteiger partial charge in [-0.1, -0.05) is 15.9 Å². The Labute approximate surface area is 407 Å². The summed E-state index contributed by atoms with van der Waals surface area (Å²) in [5.41, 5.74) is 7.73. The van der Waals surface area contributed by atoms with Crippen LogP contribution < -0.4 is 17.0 Å². The summed E-state index contributed by atoms with van der Waals surface area (Å²) < 4.78 is 22.4. The molecule has 0 aliphatic carbocycles. The van der Waals surface area contributed by atoms with Crippen LogP contribution in [0.4, 0.5) is 5.00 Å². The van der Waals surface area contributed by atoms with Crippen molar-refractivity contribution in [3.63, 3.8) is 0 Å². The van der Waals surface area contributed by atoms with Crippen molar-refractivity contribution >= 4 is 151 Å². The Morgan fingerprint density at radius 1 is 0.677 bits per heavy atom. The minimum atomic E-state index is -0.452. The molecule has 4 aromatic rings. The fraction of sp³-hybridized carbons (Fsp3) is 0.447. The quantitative estimate of drug-likeness (QED) is 0.0401. The molecule has 0 spiro atoms. The van der Waals surface area contributed by atoms with Crippen molar-refractivity contribution < 1.29 is 63.9 Å². The number of nitrogen functional groups attached to an aromatic ring is 1. The van der Waals surface area contributed by atoms with Gasteiger partial charge in [-0.3, -0.25) is 37.9 Å². The second kappa shape index (κ2) is 31.9. The molecule has 0 fully saturated rings. The molecule has 0 saturated carbocycles. The van der Waals surface area contributed by atoms with Crippen LogP contribution in [0.5, 0.6) is 0 Å². The average molecular weight is 1230 g/mol. The Kier molecular flexibility index (Phi) is 30.5. The van der Waals surface area contributed by atoms with Crippen LogP contribution in [0, 0.1) is 0 Å². The molecule has 24 heteroatoms. The van der Waals surface area contributed by atoms with Gasteiger partial charge in [0.15, 0.2) is 5.78 Å². The summed E-state index contributed by atoms with van der Waals surface area (Å²) in [7, 11) is 3.03. The molecule has 0 unspecified atom stereocenters. The van der Waals surface area contributed by atoms with Crippen molar-refractivity contribution in [3.8, 4) is 0 Å². The number of Topliss-reactive ketones (excluding diaryl/α,β-unsaturated/α-hetero) is 3. The minimum absolute atomic E-state index is 0.00153. The van der Waals surface area contributed by atoms with E-state index in [9.17, 15) is 43.2 Å². The van der Waals surface area contributed by atoms with E-state index in [0.29, 0.717) is 63.9 Å². The Bertz CT molecular complexity index is 2190. The number of thiophene rings is 3. The predicted octanol–water partition coefficient (Wildman–Crippen LogP) is 7.45. The van der Waals surface area contributed by atoms with E-state index in [0.717, 1.165) is 13.9 Å². The Morgan fingerprint density at radius 2 is 1.13 bits per heavy atom. The van der Waals surface area contributed by atoms with Gasteiger partial charge in [-0.15, -0.1) is 34.0 Å². The molecule has 0 aliphatic heterocycles. The molecule has 0 aromatic carbocycles. The van der Waals surface area contributed by atoms with Crippen LogP contribution in [-0.2, 0) is 87.6 Å². The maximum absolute atomic E-state index is 12.1. The number of aryl methyl sites for hydroxylation is 1. The third-order valence-corrected chi connectivity index (χ3v) is 11.6. The second-order valence-electron chi connectivity index (χ2n) is 11.9. The van der Waals surface area contributed by atoms with Crippen molar-refractivity contribution in [1.29, 1.82) is 0 Å². The predicted molar refractivity (Wildman–Crippen MR) is 252 cm³/mol. The van der Waals surface area contributed by atoms with E-state index in [1.54, 1.807) is 50.9 Å². The van der Waals surface area contributed by atoms with Crippen molar-refractivity contribution in [3.05, 3.63) is 68.6 Å². The standard InChI is InChI=1S/C12H14N2O4S.C10H11BrO3S.C10H13NO3S.C6H9BrO3.2BrH.Cu/c1-4-18-8(15)5-7-6-19-11-9(7)10(16)13(2)12(17)14(11)3;2*1-3-14-10(13)8-7(4-6(2)12)5-15-9(8)11;1-2-10-6(9)3-5(8)4-7;;;/h6H,4-5H2,1-3H3;5H,3-4H2,1-2H3;5H,3-4,11H2,1-2H3;2-4H2,1H3;2*1H;/q;;;;;;+2/p-2. The number of rotatable bonds is 15. The van der Waals surface area contributed by atoms with Gasteiger partial charge in [-0.2, -0.15) is 0 Å². The number of ketones is 3. The van der Waals surface area contributed by atoms with Gasteiger partial charge in [0.2, 0.25) is 0 Å². The molecule has 349 valence electrons. The van der Waals surface area contributed by atoms with Crippen molar-refractivity contribution in [2.24, 2.45) is 14.1 Å². The molecule has 4 heterocycles. The molecule has 0 radical (unpaired) electrons. The van der Waals surface area contributed by atoms with Gasteiger partial charge in [0.1, 0.15) is 27.8 Å². The summed E-state index contributed by atoms with van der Waals surface area (Å²) in [6, 6.07) is 0. The molecule has 0 saturated heterocycles. The summed E-state index contributed by atoms with van der Waals surface area (Å²) in [5.74, 6) is -1.78. The van der Waals surface area contributed by atoms with Crippen LogP contribution in [0.1, 0.15) is 85.4 Å². The van der Waals surface area contributed by atoms with Gasteiger partial charge in [0.25, 0.3) is 5.56 Å². The van der Waals surface area contributed by atoms with E-state index in [-0.39, 0.29) is 71.6 Å². The van der Waals surface area contributed by atoms with Crippen LogP contribution in [0.3, 0.4) is 0 Å². The van der Waals surface area contributed by atoms with Gasteiger partial charge in [-0.25, -0.2) is 14.4 Å². The summed E-state index contributed by atoms with van der Waals surface area (Å²) in [6.45, 7) is 11.2. The van der Waals surface area contributed by atoms with Crippen molar-refractivity contribution in [2.75, 3.05) is 37.5 Å². The number of carbonyl (C=O) groups is 7. The molecule has 0 aliphatic rings. The molecule has 0 bridgehead atoms. The van der Waals surface area contributed by atoms with Crippen LogP contribution in [0.25, 0.3) is 10.2 Å². The summed E-state index contributed by atoms with van der Waals surface area (Å²) in [4.78, 5) is 102. The first-order chi connectivity index (χ1) is 29.2. The van der Waals surface area contributed by atoms with Crippen LogP contribution in [0.15, 0.2) is 29.5 Å². The molecule has 4 aromatic heterocycles. The zero-order valence-electron chi connectivity index (χ0n) is 34.9. The fourth-order valence-electron chi connectivity index (χ4n) is 4.77. The van der Waals surface area contributed by atoms with E-state index >= 15 is 0 Å². The second-order valence-corrected chi connectivity index (χ2v) is 21.2. The van der Waals surface area contributed by atoms with Crippen LogP contribution in [-0.4, -0.2) is 82.1 Å². The number of fused-ring (bicyclic) bond motifs is 1. The number of aromatic nitrogens is 2. The molecule has 16 nitrogen and oxygen atoms in total. The summed E-state index contributed by atoms with van der Waals surface area (Å²) in [5, 5.41) is 6.29. The molecule has 0 atom stereocenters. The average Bonchev–Trinajstić information content (AvgIpc) is 3.89. The van der Waals surface area contributed by atoms with Gasteiger partial charge >= 0.3 is 69.1 Å². The monoisotopic (exact) mass is 1230 g/mol. The first-order valence-corrected chi connectivity index (χ1v) is 27.2. The van der Waals surface area contributed by atoms with Gasteiger partial charge in [-0.05, 0) is 90.3 Å². The van der Waals surface area contributed by atoms with Crippen molar-refractivity contribution in [1.82, 2.24) is 9.13 Å². The van der Waals surface area contributed by atoms with Gasteiger partial charge in [0.05, 0.1) is 58.5 Å². The Hall–Kier alpha value is -2.83. The molecule has 62 heavy (non-hydrogen) atoms. The Balaban J connectivity index is 0.000000799. The number of hydrogen-bond donors (Lipinski definition) is 1. The summed E-state index contributed by atoms with van der Waals surface area (Å²) >= 11 is 17.5. The third-order valence-electron chi connectivity index (χ3n) is 7.24. The zero-order chi connectivity index (χ0) is 47.7. The van der Waals surface area contributed by atoms with Crippen molar-refractivity contribution in [2.45, 2.75) is 67.2 Å². The van der Waals surface area contributed by atoms with E-state index in [1.165, 1.54) is 70.8 Å². The first-order valence-electron chi connectivity index (χ1n) is 18.0. The number of alkyl halides is 1. The van der Waals surface area contributed by atoms with E-state index in [4.69, 9.17) is 19.9 Å². The number of anilines is 1. The third kappa shape index (κ3) is 20.3. The number of ether oxygens (including phenoxy) is 4. The maximum atomic E-state index is 12.1. The summed E-state index contributed by atoms with van der Waals surface area (Å²) in [6.07, 6.45) is 0.415. The SMILES string of the molecule is CCOC(=O)CC(=O)CBr.CCOC(=O)Cc1csc2c1c(=O)n(C)c(=O)n2C.CCOC(=O)c1c(CC(C)=O)csc1Br.CCOC(=O)c1c(CC(C)=O)csc1N.[Br][Cu][Br]. The topological polar surface area (TPSA) is 226 Å². The Morgan fingerprint density at radius 3 is 1.61 bits per heavy atom. The molecule has 2 N–H and O–H groups in total. The first kappa shape index (κ1) is 59.2. The van der Waals surface area contributed by atoms with Crippen LogP contribution >= 0.6 is 94.1 Å². The van der Waals surface area contributed by atoms with Gasteiger partial charge < -0.3 is 24.7 Å². The molecular weight excluding hydrogens is 1190 g/mol. The molecular formula is C38H47Br4CuN3O13S3. The van der Waals surface area contributed by atoms with E-state index in [2.05, 4.69) is 64.8 Å². The zero-order valence-corrected chi connectivity index (χ0v) is 44.6. The van der Waals surface area contributed by atoms with Gasteiger partial charge in [0, 0.05) is 26.9 Å². The fourth-order valence-corrected chi connectivity index (χ4v) is 8.27. The molecule has 4 rings (SSSR count). The van der Waals surface area contributed by atoms with E-state index < -0.39 is 11.9 Å².